The molecule has 0 saturated carbocycles. The van der Waals surface area contributed by atoms with E-state index in [1.54, 1.807) is 0 Å². The molecule has 0 aliphatic rings. The quantitative estimate of drug-likeness (QED) is 0.411. The Balaban J connectivity index is 3.51. The molecule has 1 heteroatoms. The summed E-state index contributed by atoms with van der Waals surface area (Å²) in [6, 6.07) is 0. The molecular formula is C12H22O. The molecule has 0 unspecified atom stereocenters. The van der Waals surface area contributed by atoms with Crippen molar-refractivity contribution in [1.29, 1.82) is 0 Å². The van der Waals surface area contributed by atoms with Gasteiger partial charge in [-0.3, -0.25) is 4.79 Å². The molecule has 0 amide bonds. The first-order valence-corrected chi connectivity index (χ1v) is 5.43. The molecule has 0 heterocycles. The third-order valence-electron chi connectivity index (χ3n) is 2.23. The highest BCUT2D eigenvalue weighted by Gasteiger charge is 2.05. The summed E-state index contributed by atoms with van der Waals surface area (Å²) < 4.78 is 0. The van der Waals surface area contributed by atoms with Crippen LogP contribution >= 0.6 is 0 Å². The third kappa shape index (κ3) is 6.56. The monoisotopic (exact) mass is 182 g/mol. The average molecular weight is 182 g/mol. The van der Waals surface area contributed by atoms with Gasteiger partial charge >= 0.3 is 0 Å². The van der Waals surface area contributed by atoms with Crippen LogP contribution in [0.1, 0.15) is 58.8 Å². The molecule has 0 saturated heterocycles. The van der Waals surface area contributed by atoms with E-state index in [2.05, 4.69) is 20.4 Å². The van der Waals surface area contributed by atoms with Crippen molar-refractivity contribution in [2.45, 2.75) is 58.8 Å². The normalized spacial score (nSPS) is 10.0. The summed E-state index contributed by atoms with van der Waals surface area (Å²) in [6.07, 6.45) is 7.19. The standard InChI is InChI=1S/C12H22O/c1-4-6-8-10-12(13)11(3)9-7-5-2/h3-10H2,1-2H3. The number of rotatable bonds is 8. The molecule has 76 valence electrons. The second-order valence-electron chi connectivity index (χ2n) is 3.59. The van der Waals surface area contributed by atoms with Gasteiger partial charge < -0.3 is 0 Å². The van der Waals surface area contributed by atoms with Gasteiger partial charge in [0.15, 0.2) is 5.78 Å². The van der Waals surface area contributed by atoms with E-state index in [-0.39, 0.29) is 5.78 Å². The van der Waals surface area contributed by atoms with E-state index in [1.165, 1.54) is 6.42 Å². The van der Waals surface area contributed by atoms with Crippen molar-refractivity contribution in [3.63, 3.8) is 0 Å². The lowest BCUT2D eigenvalue weighted by Gasteiger charge is -2.02. The first kappa shape index (κ1) is 12.4. The summed E-state index contributed by atoms with van der Waals surface area (Å²) in [5.41, 5.74) is 0.831. The first-order valence-electron chi connectivity index (χ1n) is 5.43. The minimum Gasteiger partial charge on any atom is -0.295 e. The Morgan fingerprint density at radius 1 is 1.00 bits per heavy atom. The van der Waals surface area contributed by atoms with Gasteiger partial charge in [-0.25, -0.2) is 0 Å². The number of Topliss-reactive ketones (excluding diaryl/α,β-unsaturated/α-hetero) is 1. The maximum atomic E-state index is 11.4. The first-order chi connectivity index (χ1) is 6.22. The Labute approximate surface area is 82.2 Å². The van der Waals surface area contributed by atoms with Crippen molar-refractivity contribution in [3.8, 4) is 0 Å². The molecule has 0 atom stereocenters. The van der Waals surface area contributed by atoms with Gasteiger partial charge in [0.1, 0.15) is 0 Å². The lowest BCUT2D eigenvalue weighted by molar-refractivity contribution is -0.115. The molecule has 0 N–H and O–H groups in total. The highest BCUT2D eigenvalue weighted by Crippen LogP contribution is 2.10. The summed E-state index contributed by atoms with van der Waals surface area (Å²) in [6.45, 7) is 8.10. The zero-order chi connectivity index (χ0) is 10.1. The second-order valence-corrected chi connectivity index (χ2v) is 3.59. The van der Waals surface area contributed by atoms with E-state index in [0.717, 1.165) is 37.7 Å². The molecule has 0 aromatic heterocycles. The third-order valence-corrected chi connectivity index (χ3v) is 2.23. The summed E-state index contributed by atoms with van der Waals surface area (Å²) in [4.78, 5) is 11.4. The molecule has 0 aromatic carbocycles. The number of hydrogen-bond acceptors (Lipinski definition) is 1. The Morgan fingerprint density at radius 3 is 2.15 bits per heavy atom. The SMILES string of the molecule is C=C(CCCC)C(=O)CCCCC. The van der Waals surface area contributed by atoms with Crippen molar-refractivity contribution >= 4 is 5.78 Å². The number of allylic oxidation sites excluding steroid dienone is 1. The van der Waals surface area contributed by atoms with Crippen molar-refractivity contribution in [2.24, 2.45) is 0 Å². The Bertz CT molecular complexity index is 159. The van der Waals surface area contributed by atoms with Crippen molar-refractivity contribution in [2.75, 3.05) is 0 Å². The molecule has 0 rings (SSSR count). The number of carbonyl (C=O) groups excluding carboxylic acids is 1. The smallest absolute Gasteiger partial charge is 0.158 e. The molecule has 0 bridgehead atoms. The summed E-state index contributed by atoms with van der Waals surface area (Å²) >= 11 is 0. The van der Waals surface area contributed by atoms with E-state index in [4.69, 9.17) is 0 Å². The summed E-state index contributed by atoms with van der Waals surface area (Å²) in [7, 11) is 0. The van der Waals surface area contributed by atoms with E-state index < -0.39 is 0 Å². The highest BCUT2D eigenvalue weighted by atomic mass is 16.1. The second kappa shape index (κ2) is 8.03. The minimum atomic E-state index is 0.280. The van der Waals surface area contributed by atoms with Crippen LogP contribution in [0.2, 0.25) is 0 Å². The van der Waals surface area contributed by atoms with E-state index in [0.29, 0.717) is 6.42 Å². The number of unbranched alkanes of at least 4 members (excludes halogenated alkanes) is 3. The van der Waals surface area contributed by atoms with Crippen molar-refractivity contribution in [3.05, 3.63) is 12.2 Å². The van der Waals surface area contributed by atoms with Crippen LogP contribution in [-0.2, 0) is 4.79 Å². The molecule has 0 spiro atoms. The predicted octanol–water partition coefficient (Wildman–Crippen LogP) is 3.88. The van der Waals surface area contributed by atoms with Gasteiger partial charge in [0.25, 0.3) is 0 Å². The maximum Gasteiger partial charge on any atom is 0.158 e. The Hall–Kier alpha value is -0.590. The number of carbonyl (C=O) groups is 1. The Morgan fingerprint density at radius 2 is 1.62 bits per heavy atom. The molecule has 0 fully saturated rings. The molecule has 0 aromatic rings. The van der Waals surface area contributed by atoms with Crippen LogP contribution in [0, 0.1) is 0 Å². The maximum absolute atomic E-state index is 11.4. The minimum absolute atomic E-state index is 0.280. The molecule has 1 nitrogen and oxygen atoms in total. The van der Waals surface area contributed by atoms with Gasteiger partial charge in [0, 0.05) is 6.42 Å². The van der Waals surface area contributed by atoms with Gasteiger partial charge in [-0.1, -0.05) is 39.7 Å². The van der Waals surface area contributed by atoms with Crippen LogP contribution < -0.4 is 0 Å². The van der Waals surface area contributed by atoms with Gasteiger partial charge in [-0.2, -0.15) is 0 Å². The predicted molar refractivity (Wildman–Crippen MR) is 57.8 cm³/mol. The van der Waals surface area contributed by atoms with E-state index in [1.807, 2.05) is 0 Å². The fourth-order valence-electron chi connectivity index (χ4n) is 1.24. The van der Waals surface area contributed by atoms with Crippen LogP contribution in [0.4, 0.5) is 0 Å². The molecule has 0 aliphatic carbocycles. The van der Waals surface area contributed by atoms with E-state index >= 15 is 0 Å². The zero-order valence-electron chi connectivity index (χ0n) is 9.07. The van der Waals surface area contributed by atoms with Crippen LogP contribution in [0.3, 0.4) is 0 Å². The summed E-state index contributed by atoms with van der Waals surface area (Å²) in [5, 5.41) is 0. The fourth-order valence-corrected chi connectivity index (χ4v) is 1.24. The van der Waals surface area contributed by atoms with Crippen LogP contribution in [0.25, 0.3) is 0 Å². The van der Waals surface area contributed by atoms with Gasteiger partial charge in [-0.05, 0) is 24.8 Å². The average Bonchev–Trinajstić information content (AvgIpc) is 2.14. The zero-order valence-corrected chi connectivity index (χ0v) is 9.07. The topological polar surface area (TPSA) is 17.1 Å². The largest absolute Gasteiger partial charge is 0.295 e. The fraction of sp³-hybridized carbons (Fsp3) is 0.750. The van der Waals surface area contributed by atoms with Gasteiger partial charge in [-0.15, -0.1) is 0 Å². The van der Waals surface area contributed by atoms with Gasteiger partial charge in [0.2, 0.25) is 0 Å². The van der Waals surface area contributed by atoms with E-state index in [9.17, 15) is 4.79 Å². The Kier molecular flexibility index (Phi) is 7.66. The highest BCUT2D eigenvalue weighted by molar-refractivity contribution is 5.94. The number of hydrogen-bond donors (Lipinski definition) is 0. The summed E-state index contributed by atoms with van der Waals surface area (Å²) in [5.74, 6) is 0.280. The van der Waals surface area contributed by atoms with Crippen LogP contribution in [0.5, 0.6) is 0 Å². The molecular weight excluding hydrogens is 160 g/mol. The van der Waals surface area contributed by atoms with Gasteiger partial charge in [0.05, 0.1) is 0 Å². The number of ketones is 1. The molecule has 0 radical (unpaired) electrons. The van der Waals surface area contributed by atoms with Crippen LogP contribution in [-0.4, -0.2) is 5.78 Å². The molecule has 13 heavy (non-hydrogen) atoms. The van der Waals surface area contributed by atoms with Crippen LogP contribution in [0.15, 0.2) is 12.2 Å². The lowest BCUT2D eigenvalue weighted by Crippen LogP contribution is -2.01. The van der Waals surface area contributed by atoms with Crippen molar-refractivity contribution in [1.82, 2.24) is 0 Å². The van der Waals surface area contributed by atoms with Crippen molar-refractivity contribution < 1.29 is 4.79 Å². The molecule has 0 aliphatic heterocycles. The lowest BCUT2D eigenvalue weighted by atomic mass is 10.0.